The van der Waals surface area contributed by atoms with Crippen molar-refractivity contribution in [1.82, 2.24) is 4.83 Å². The minimum absolute atomic E-state index is 0.148. The molecule has 2 aromatic rings. The fraction of sp³-hybridized carbons (Fsp3) is 0.409. The fourth-order valence-corrected chi connectivity index (χ4v) is 5.42. The van der Waals surface area contributed by atoms with E-state index >= 15 is 0 Å². The third-order valence-electron chi connectivity index (χ3n) is 5.13. The molecule has 2 aromatic carbocycles. The number of ether oxygens (including phenoxy) is 1. The number of methoxy groups -OCH3 is 1. The van der Waals surface area contributed by atoms with Gasteiger partial charge in [0.2, 0.25) is 20.0 Å². The van der Waals surface area contributed by atoms with Crippen molar-refractivity contribution in [2.75, 3.05) is 30.0 Å². The zero-order chi connectivity index (χ0) is 23.7. The Morgan fingerprint density at radius 1 is 1.16 bits per heavy atom. The number of rotatable bonds is 6. The van der Waals surface area contributed by atoms with Gasteiger partial charge in [0, 0.05) is 17.7 Å². The van der Waals surface area contributed by atoms with Crippen molar-refractivity contribution in [3.05, 3.63) is 47.5 Å². The van der Waals surface area contributed by atoms with Crippen molar-refractivity contribution >= 4 is 31.9 Å². The van der Waals surface area contributed by atoms with Crippen LogP contribution in [0.25, 0.3) is 11.1 Å². The largest absolute Gasteiger partial charge is 0.496 e. The summed E-state index contributed by atoms with van der Waals surface area (Å²) in [5.74, 6) is 0.840. The Morgan fingerprint density at radius 3 is 2.31 bits per heavy atom. The van der Waals surface area contributed by atoms with Gasteiger partial charge in [0.05, 0.1) is 31.0 Å². The Kier molecular flexibility index (Phi) is 6.57. The lowest BCUT2D eigenvalue weighted by atomic mass is 9.83. The van der Waals surface area contributed by atoms with E-state index in [1.54, 1.807) is 19.2 Å². The lowest BCUT2D eigenvalue weighted by Gasteiger charge is -2.27. The average Bonchev–Trinajstić information content (AvgIpc) is 3.05. The van der Waals surface area contributed by atoms with Crippen LogP contribution in [0, 0.1) is 0 Å². The van der Waals surface area contributed by atoms with Gasteiger partial charge in [0.15, 0.2) is 0 Å². The second-order valence-electron chi connectivity index (χ2n) is 8.81. The molecule has 0 unspecified atom stereocenters. The van der Waals surface area contributed by atoms with E-state index < -0.39 is 20.0 Å². The standard InChI is InChI=1S/C22H29N3O5S2/c1-22(2,3)20-14-18(25-11-6-12-32(25,28)29)13-19(21(20)30-4)17-9-7-16(8-10-17)15-23-24-31(5,26)27/h7-10,13-15,24H,6,11-12H2,1-5H3/b23-15+. The smallest absolute Gasteiger partial charge is 0.244 e. The highest BCUT2D eigenvalue weighted by Crippen LogP contribution is 2.43. The van der Waals surface area contributed by atoms with Crippen LogP contribution in [-0.2, 0) is 25.5 Å². The highest BCUT2D eigenvalue weighted by atomic mass is 32.2. The van der Waals surface area contributed by atoms with E-state index in [1.807, 2.05) is 24.3 Å². The molecule has 0 bridgehead atoms. The molecule has 1 heterocycles. The van der Waals surface area contributed by atoms with Crippen LogP contribution in [0.5, 0.6) is 5.75 Å². The highest BCUT2D eigenvalue weighted by Gasteiger charge is 2.31. The highest BCUT2D eigenvalue weighted by molar-refractivity contribution is 7.93. The first-order chi connectivity index (χ1) is 14.8. The van der Waals surface area contributed by atoms with Crippen LogP contribution in [0.1, 0.15) is 38.3 Å². The van der Waals surface area contributed by atoms with Crippen molar-refractivity contribution in [1.29, 1.82) is 0 Å². The zero-order valence-electron chi connectivity index (χ0n) is 18.9. The summed E-state index contributed by atoms with van der Waals surface area (Å²) in [7, 11) is -5.14. The fourth-order valence-electron chi connectivity index (χ4n) is 3.62. The van der Waals surface area contributed by atoms with Crippen LogP contribution < -0.4 is 13.9 Å². The van der Waals surface area contributed by atoms with E-state index in [0.29, 0.717) is 30.0 Å². The molecular formula is C22H29N3O5S2. The molecule has 0 radical (unpaired) electrons. The van der Waals surface area contributed by atoms with Crippen LogP contribution in [0.4, 0.5) is 5.69 Å². The molecule has 1 N–H and O–H groups in total. The first-order valence-electron chi connectivity index (χ1n) is 10.1. The van der Waals surface area contributed by atoms with E-state index in [0.717, 1.165) is 22.9 Å². The molecule has 174 valence electrons. The predicted molar refractivity (Wildman–Crippen MR) is 128 cm³/mol. The molecule has 1 aliphatic heterocycles. The number of nitrogens with one attached hydrogen (secondary N) is 1. The second-order valence-corrected chi connectivity index (χ2v) is 12.5. The normalized spacial score (nSPS) is 16.5. The molecule has 0 saturated carbocycles. The summed E-state index contributed by atoms with van der Waals surface area (Å²) in [6.45, 7) is 6.64. The topological polar surface area (TPSA) is 105 Å². The average molecular weight is 480 g/mol. The van der Waals surface area contributed by atoms with E-state index in [2.05, 4.69) is 30.7 Å². The summed E-state index contributed by atoms with van der Waals surface area (Å²) in [5, 5.41) is 3.72. The Labute approximate surface area is 190 Å². The monoisotopic (exact) mass is 479 g/mol. The van der Waals surface area contributed by atoms with Crippen LogP contribution in [0.2, 0.25) is 0 Å². The predicted octanol–water partition coefficient (Wildman–Crippen LogP) is 3.08. The molecule has 8 nitrogen and oxygen atoms in total. The molecule has 1 saturated heterocycles. The van der Waals surface area contributed by atoms with Crippen LogP contribution in [-0.4, -0.2) is 48.7 Å². The second kappa shape index (κ2) is 8.74. The van der Waals surface area contributed by atoms with Gasteiger partial charge < -0.3 is 4.74 Å². The van der Waals surface area contributed by atoms with Gasteiger partial charge in [-0.2, -0.15) is 5.10 Å². The van der Waals surface area contributed by atoms with E-state index in [4.69, 9.17) is 4.74 Å². The van der Waals surface area contributed by atoms with Gasteiger partial charge in [0.25, 0.3) is 0 Å². The van der Waals surface area contributed by atoms with E-state index in [1.165, 1.54) is 10.5 Å². The quantitative estimate of drug-likeness (QED) is 0.506. The van der Waals surface area contributed by atoms with Crippen molar-refractivity contribution in [3.63, 3.8) is 0 Å². The molecular weight excluding hydrogens is 450 g/mol. The summed E-state index contributed by atoms with van der Waals surface area (Å²) in [4.78, 5) is 2.06. The molecule has 10 heteroatoms. The number of nitrogens with zero attached hydrogens (tertiary/aromatic N) is 2. The maximum absolute atomic E-state index is 12.6. The lowest BCUT2D eigenvalue weighted by Crippen LogP contribution is -2.26. The Hall–Kier alpha value is -2.59. The summed E-state index contributed by atoms with van der Waals surface area (Å²) in [5.41, 5.74) is 3.61. The number of sulfonamides is 2. The molecule has 32 heavy (non-hydrogen) atoms. The number of hydrogen-bond acceptors (Lipinski definition) is 6. The minimum Gasteiger partial charge on any atom is -0.496 e. The Morgan fingerprint density at radius 2 is 1.81 bits per heavy atom. The number of anilines is 1. The maximum atomic E-state index is 12.6. The van der Waals surface area contributed by atoms with Crippen molar-refractivity contribution < 1.29 is 21.6 Å². The maximum Gasteiger partial charge on any atom is 0.244 e. The molecule has 0 amide bonds. The number of hydrazone groups is 1. The Balaban J connectivity index is 2.09. The summed E-state index contributed by atoms with van der Waals surface area (Å²) in [6.07, 6.45) is 3.04. The third-order valence-corrected chi connectivity index (χ3v) is 7.43. The number of benzene rings is 2. The van der Waals surface area contributed by atoms with Crippen molar-refractivity contribution in [2.45, 2.75) is 32.6 Å². The van der Waals surface area contributed by atoms with Crippen LogP contribution in [0.3, 0.4) is 0 Å². The summed E-state index contributed by atoms with van der Waals surface area (Å²) >= 11 is 0. The summed E-state index contributed by atoms with van der Waals surface area (Å²) < 4.78 is 54.7. The van der Waals surface area contributed by atoms with Gasteiger partial charge in [0.1, 0.15) is 5.75 Å². The first-order valence-corrected chi connectivity index (χ1v) is 13.6. The lowest BCUT2D eigenvalue weighted by molar-refractivity contribution is 0.399. The minimum atomic E-state index is -3.41. The summed E-state index contributed by atoms with van der Waals surface area (Å²) in [6, 6.07) is 11.1. The molecule has 0 aromatic heterocycles. The molecule has 0 aliphatic carbocycles. The van der Waals surface area contributed by atoms with Gasteiger partial charge in [-0.1, -0.05) is 45.0 Å². The zero-order valence-corrected chi connectivity index (χ0v) is 20.5. The first kappa shape index (κ1) is 24.1. The van der Waals surface area contributed by atoms with Gasteiger partial charge in [-0.3, -0.25) is 4.31 Å². The molecule has 0 atom stereocenters. The van der Waals surface area contributed by atoms with E-state index in [-0.39, 0.29) is 11.2 Å². The molecule has 3 rings (SSSR count). The molecule has 0 spiro atoms. The third kappa shape index (κ3) is 5.42. The van der Waals surface area contributed by atoms with Crippen LogP contribution >= 0.6 is 0 Å². The van der Waals surface area contributed by atoms with Gasteiger partial charge >= 0.3 is 0 Å². The van der Waals surface area contributed by atoms with Gasteiger partial charge in [-0.05, 0) is 35.1 Å². The number of hydrogen-bond donors (Lipinski definition) is 1. The molecule has 1 aliphatic rings. The molecule has 1 fully saturated rings. The Bertz CT molecular complexity index is 1230. The SMILES string of the molecule is COc1c(-c2ccc(/C=N/NS(C)(=O)=O)cc2)cc(N2CCCS2(=O)=O)cc1C(C)(C)C. The van der Waals surface area contributed by atoms with Gasteiger partial charge in [-0.15, -0.1) is 0 Å². The van der Waals surface area contributed by atoms with Crippen molar-refractivity contribution in [2.24, 2.45) is 5.10 Å². The van der Waals surface area contributed by atoms with Gasteiger partial charge in [-0.25, -0.2) is 21.7 Å². The van der Waals surface area contributed by atoms with Crippen LogP contribution in [0.15, 0.2) is 41.5 Å². The van der Waals surface area contributed by atoms with Crippen molar-refractivity contribution in [3.8, 4) is 16.9 Å². The van der Waals surface area contributed by atoms with E-state index in [9.17, 15) is 16.8 Å².